The number of thiazole rings is 1. The van der Waals surface area contributed by atoms with Crippen molar-refractivity contribution in [1.29, 1.82) is 0 Å². The van der Waals surface area contributed by atoms with Crippen molar-refractivity contribution in [2.75, 3.05) is 19.1 Å². The molecule has 7 heteroatoms. The van der Waals surface area contributed by atoms with Crippen molar-refractivity contribution >= 4 is 22.9 Å². The second-order valence-corrected chi connectivity index (χ2v) is 7.92. The minimum atomic E-state index is -1.25. The first-order valence-corrected chi connectivity index (χ1v) is 9.46. The molecule has 0 spiro atoms. The molecule has 0 bridgehead atoms. The van der Waals surface area contributed by atoms with Gasteiger partial charge in [-0.15, -0.1) is 17.9 Å². The number of hydrogen-bond acceptors (Lipinski definition) is 6. The number of nitrogens with zero attached hydrogens (tertiary/aromatic N) is 2. The van der Waals surface area contributed by atoms with E-state index in [1.54, 1.807) is 53.9 Å². The Kier molecular flexibility index (Phi) is 5.12. The Hall–Kier alpha value is -2.22. The number of hydrogen-bond donors (Lipinski definition) is 1. The van der Waals surface area contributed by atoms with Crippen LogP contribution >= 0.6 is 11.3 Å². The summed E-state index contributed by atoms with van der Waals surface area (Å²) < 4.78 is 11.0. The van der Waals surface area contributed by atoms with E-state index in [9.17, 15) is 9.90 Å². The molecule has 1 fully saturated rings. The van der Waals surface area contributed by atoms with E-state index in [1.807, 2.05) is 13.8 Å². The Balaban J connectivity index is 2.10. The zero-order chi connectivity index (χ0) is 19.8. The van der Waals surface area contributed by atoms with Gasteiger partial charge in [-0.25, -0.2) is 4.98 Å². The van der Waals surface area contributed by atoms with Gasteiger partial charge in [0.2, 0.25) is 0 Å². The molecule has 2 heterocycles. The summed E-state index contributed by atoms with van der Waals surface area (Å²) in [7, 11) is 3.08. The van der Waals surface area contributed by atoms with Crippen LogP contribution in [0, 0.1) is 5.41 Å². The fourth-order valence-corrected chi connectivity index (χ4v) is 4.38. The summed E-state index contributed by atoms with van der Waals surface area (Å²) in [5.74, 6) is 0.467. The number of aromatic nitrogens is 1. The van der Waals surface area contributed by atoms with Crippen LogP contribution in [0.5, 0.6) is 5.75 Å². The second kappa shape index (κ2) is 7.07. The number of methoxy groups -OCH3 is 2. The lowest BCUT2D eigenvalue weighted by atomic mass is 9.62. The smallest absolute Gasteiger partial charge is 0.262 e. The first-order valence-electron chi connectivity index (χ1n) is 8.58. The van der Waals surface area contributed by atoms with E-state index in [2.05, 4.69) is 11.6 Å². The molecule has 1 saturated heterocycles. The Morgan fingerprint density at radius 1 is 1.37 bits per heavy atom. The zero-order valence-electron chi connectivity index (χ0n) is 15.9. The number of amides is 1. The van der Waals surface area contributed by atoms with Crippen molar-refractivity contribution < 1.29 is 19.4 Å². The summed E-state index contributed by atoms with van der Waals surface area (Å²) in [6, 6.07) is 6.49. The van der Waals surface area contributed by atoms with Gasteiger partial charge < -0.3 is 19.5 Å². The van der Waals surface area contributed by atoms with E-state index in [1.165, 1.54) is 18.4 Å². The number of ether oxygens (including phenoxy) is 2. The van der Waals surface area contributed by atoms with Crippen molar-refractivity contribution in [3.63, 3.8) is 0 Å². The SMILES string of the molecule is C=CC(C)(C)[C@]1(OC)C(=O)N(c2ccc(OC)cc2)[C@H]1[C@H](O)c1nccs1. The van der Waals surface area contributed by atoms with Gasteiger partial charge in [0.1, 0.15) is 22.9 Å². The monoisotopic (exact) mass is 388 g/mol. The minimum absolute atomic E-state index is 0.222. The molecule has 1 N–H and O–H groups in total. The van der Waals surface area contributed by atoms with Crippen molar-refractivity contribution in [2.24, 2.45) is 5.41 Å². The molecule has 27 heavy (non-hydrogen) atoms. The Morgan fingerprint density at radius 2 is 2.04 bits per heavy atom. The fraction of sp³-hybridized carbons (Fsp3) is 0.400. The lowest BCUT2D eigenvalue weighted by Crippen LogP contribution is -2.81. The zero-order valence-corrected chi connectivity index (χ0v) is 16.7. The molecule has 0 radical (unpaired) electrons. The molecule has 3 atom stereocenters. The van der Waals surface area contributed by atoms with Crippen LogP contribution in [0.25, 0.3) is 0 Å². The summed E-state index contributed by atoms with van der Waals surface area (Å²) in [4.78, 5) is 19.2. The van der Waals surface area contributed by atoms with Gasteiger partial charge in [-0.05, 0) is 24.3 Å². The van der Waals surface area contributed by atoms with Gasteiger partial charge in [-0.3, -0.25) is 4.79 Å². The Morgan fingerprint density at radius 3 is 2.52 bits per heavy atom. The molecule has 6 nitrogen and oxygen atoms in total. The summed E-state index contributed by atoms with van der Waals surface area (Å²) in [6.07, 6.45) is 2.33. The van der Waals surface area contributed by atoms with Crippen molar-refractivity contribution in [2.45, 2.75) is 31.6 Å². The van der Waals surface area contributed by atoms with Gasteiger partial charge in [0.25, 0.3) is 5.91 Å². The Bertz CT molecular complexity index is 819. The second-order valence-electron chi connectivity index (χ2n) is 7.00. The number of aliphatic hydroxyl groups is 1. The third-order valence-corrected chi connectivity index (χ3v) is 6.22. The van der Waals surface area contributed by atoms with Gasteiger partial charge in [-0.2, -0.15) is 0 Å². The number of carbonyl (C=O) groups is 1. The van der Waals surface area contributed by atoms with Gasteiger partial charge in [-0.1, -0.05) is 19.9 Å². The van der Waals surface area contributed by atoms with Crippen molar-refractivity contribution in [3.05, 3.63) is 53.5 Å². The molecule has 3 rings (SSSR count). The first kappa shape index (κ1) is 19.5. The molecule has 1 amide bonds. The first-order chi connectivity index (χ1) is 12.8. The minimum Gasteiger partial charge on any atom is -0.497 e. The molecule has 0 saturated carbocycles. The van der Waals surface area contributed by atoms with Crippen LogP contribution < -0.4 is 9.64 Å². The molecule has 1 aromatic carbocycles. The normalized spacial score (nSPS) is 23.7. The Labute approximate surface area is 163 Å². The van der Waals surface area contributed by atoms with E-state index < -0.39 is 23.2 Å². The highest BCUT2D eigenvalue weighted by molar-refractivity contribution is 7.09. The third-order valence-electron chi connectivity index (χ3n) is 5.37. The van der Waals surface area contributed by atoms with E-state index in [4.69, 9.17) is 9.47 Å². The average molecular weight is 388 g/mol. The number of aliphatic hydroxyl groups excluding tert-OH is 1. The van der Waals surface area contributed by atoms with Crippen LogP contribution in [0.15, 0.2) is 48.5 Å². The highest BCUT2D eigenvalue weighted by Crippen LogP contribution is 2.53. The summed E-state index contributed by atoms with van der Waals surface area (Å²) >= 11 is 1.34. The highest BCUT2D eigenvalue weighted by atomic mass is 32.1. The van der Waals surface area contributed by atoms with Gasteiger partial charge >= 0.3 is 0 Å². The van der Waals surface area contributed by atoms with Gasteiger partial charge in [0.05, 0.1) is 7.11 Å². The van der Waals surface area contributed by atoms with Crippen LogP contribution in [0.1, 0.15) is 25.0 Å². The molecule has 1 aliphatic rings. The molecule has 0 unspecified atom stereocenters. The predicted octanol–water partition coefficient (Wildman–Crippen LogP) is 3.20. The maximum atomic E-state index is 13.4. The van der Waals surface area contributed by atoms with Gasteiger partial charge in [0, 0.05) is 29.8 Å². The number of benzene rings is 1. The van der Waals surface area contributed by atoms with E-state index in [0.29, 0.717) is 16.4 Å². The van der Waals surface area contributed by atoms with E-state index >= 15 is 0 Å². The fourth-order valence-electron chi connectivity index (χ4n) is 3.73. The standard InChI is InChI=1S/C20H24N2O4S/c1-6-19(2,3)20(26-5)16(15(23)17-21-11-12-27-17)22(18(20)24)13-7-9-14(25-4)10-8-13/h6-12,15-16,23H,1H2,2-5H3/t15-,16-,20+/m0/s1. The van der Waals surface area contributed by atoms with Crippen LogP contribution in [-0.2, 0) is 9.53 Å². The van der Waals surface area contributed by atoms with Crippen LogP contribution in [0.4, 0.5) is 5.69 Å². The lowest BCUT2D eigenvalue weighted by molar-refractivity contribution is -0.186. The number of β-lactam (4-membered cyclic amide) rings is 1. The maximum Gasteiger partial charge on any atom is 0.262 e. The predicted molar refractivity (Wildman–Crippen MR) is 105 cm³/mol. The van der Waals surface area contributed by atoms with Gasteiger partial charge in [0.15, 0.2) is 5.60 Å². The van der Waals surface area contributed by atoms with E-state index in [-0.39, 0.29) is 5.91 Å². The van der Waals surface area contributed by atoms with Crippen LogP contribution in [0.3, 0.4) is 0 Å². The largest absolute Gasteiger partial charge is 0.497 e. The number of rotatable bonds is 7. The summed E-state index contributed by atoms with van der Waals surface area (Å²) in [6.45, 7) is 7.64. The number of anilines is 1. The molecule has 1 aromatic heterocycles. The summed E-state index contributed by atoms with van der Waals surface area (Å²) in [5, 5.41) is 13.5. The molecule has 144 valence electrons. The van der Waals surface area contributed by atoms with Crippen molar-refractivity contribution in [3.8, 4) is 5.75 Å². The van der Waals surface area contributed by atoms with Crippen LogP contribution in [-0.4, -0.2) is 41.9 Å². The quantitative estimate of drug-likeness (QED) is 0.583. The average Bonchev–Trinajstić information content (AvgIpc) is 3.21. The van der Waals surface area contributed by atoms with Crippen molar-refractivity contribution in [1.82, 2.24) is 4.98 Å². The number of carbonyl (C=O) groups excluding carboxylic acids is 1. The maximum absolute atomic E-state index is 13.4. The van der Waals surface area contributed by atoms with E-state index in [0.717, 1.165) is 0 Å². The molecular formula is C20H24N2O4S. The third kappa shape index (κ3) is 2.77. The topological polar surface area (TPSA) is 71.9 Å². The molecule has 0 aliphatic carbocycles. The van der Waals surface area contributed by atoms with Crippen LogP contribution in [0.2, 0.25) is 0 Å². The summed E-state index contributed by atoms with van der Waals surface area (Å²) in [5.41, 5.74) is -1.29. The highest BCUT2D eigenvalue weighted by Gasteiger charge is 2.70. The molecular weight excluding hydrogens is 364 g/mol. The molecule has 1 aliphatic heterocycles. The molecule has 2 aromatic rings. The lowest BCUT2D eigenvalue weighted by Gasteiger charge is -2.61.